The Bertz CT molecular complexity index is 589. The number of hydrogen-bond acceptors (Lipinski definition) is 2. The fourth-order valence-electron chi connectivity index (χ4n) is 2.54. The molecule has 0 amide bonds. The molecule has 96 valence electrons. The molecule has 1 N–H and O–H groups in total. The van der Waals surface area contributed by atoms with E-state index in [1.807, 2.05) is 30.3 Å². The highest BCUT2D eigenvalue weighted by Crippen LogP contribution is 2.33. The Morgan fingerprint density at radius 3 is 2.32 bits per heavy atom. The molecule has 3 heteroatoms. The SMILES string of the molecule is O=C(O)c1ccccc1N1CC(c2ccccc2)C1. The molecule has 2 aromatic rings. The van der Waals surface area contributed by atoms with E-state index in [0.717, 1.165) is 18.8 Å². The number of anilines is 1. The molecule has 3 nitrogen and oxygen atoms in total. The van der Waals surface area contributed by atoms with E-state index < -0.39 is 5.97 Å². The van der Waals surface area contributed by atoms with E-state index in [0.29, 0.717) is 11.5 Å². The van der Waals surface area contributed by atoms with Crippen LogP contribution in [0.2, 0.25) is 0 Å². The second-order valence-corrected chi connectivity index (χ2v) is 4.83. The molecule has 3 rings (SSSR count). The van der Waals surface area contributed by atoms with Crippen molar-refractivity contribution in [3.63, 3.8) is 0 Å². The van der Waals surface area contributed by atoms with Gasteiger partial charge in [0.15, 0.2) is 0 Å². The summed E-state index contributed by atoms with van der Waals surface area (Å²) >= 11 is 0. The van der Waals surface area contributed by atoms with Crippen LogP contribution >= 0.6 is 0 Å². The molecule has 0 saturated carbocycles. The summed E-state index contributed by atoms with van der Waals surface area (Å²) in [5, 5.41) is 9.19. The monoisotopic (exact) mass is 253 g/mol. The van der Waals surface area contributed by atoms with Crippen LogP contribution < -0.4 is 4.90 Å². The van der Waals surface area contributed by atoms with Gasteiger partial charge in [0.25, 0.3) is 0 Å². The number of rotatable bonds is 3. The van der Waals surface area contributed by atoms with E-state index in [1.165, 1.54) is 5.56 Å². The molecule has 0 atom stereocenters. The van der Waals surface area contributed by atoms with Crippen molar-refractivity contribution < 1.29 is 9.90 Å². The van der Waals surface area contributed by atoms with Gasteiger partial charge in [0.2, 0.25) is 0 Å². The Hall–Kier alpha value is -2.29. The Balaban J connectivity index is 1.76. The van der Waals surface area contributed by atoms with Crippen molar-refractivity contribution >= 4 is 11.7 Å². The van der Waals surface area contributed by atoms with Crippen molar-refractivity contribution in [2.24, 2.45) is 0 Å². The molecule has 19 heavy (non-hydrogen) atoms. The number of carboxylic acids is 1. The lowest BCUT2D eigenvalue weighted by molar-refractivity contribution is 0.0697. The number of carbonyl (C=O) groups is 1. The molecule has 1 saturated heterocycles. The molecule has 0 unspecified atom stereocenters. The Kier molecular flexibility index (Phi) is 2.95. The fraction of sp³-hybridized carbons (Fsp3) is 0.188. The maximum absolute atomic E-state index is 11.2. The summed E-state index contributed by atoms with van der Waals surface area (Å²) in [4.78, 5) is 13.3. The largest absolute Gasteiger partial charge is 0.478 e. The van der Waals surface area contributed by atoms with E-state index in [4.69, 9.17) is 0 Å². The molecule has 0 aromatic heterocycles. The number of para-hydroxylation sites is 1. The minimum absolute atomic E-state index is 0.383. The van der Waals surface area contributed by atoms with Gasteiger partial charge in [-0.3, -0.25) is 0 Å². The first-order valence-electron chi connectivity index (χ1n) is 6.38. The highest BCUT2D eigenvalue weighted by molar-refractivity contribution is 5.94. The predicted octanol–water partition coefficient (Wildman–Crippen LogP) is 2.99. The maximum atomic E-state index is 11.2. The number of hydrogen-bond donors (Lipinski definition) is 1. The van der Waals surface area contributed by atoms with Crippen molar-refractivity contribution in [3.05, 3.63) is 65.7 Å². The Labute approximate surface area is 112 Å². The quantitative estimate of drug-likeness (QED) is 0.914. The average molecular weight is 253 g/mol. The molecule has 1 aliphatic rings. The van der Waals surface area contributed by atoms with Gasteiger partial charge in [-0.05, 0) is 17.7 Å². The summed E-state index contributed by atoms with van der Waals surface area (Å²) < 4.78 is 0. The van der Waals surface area contributed by atoms with Crippen LogP contribution in [0, 0.1) is 0 Å². The maximum Gasteiger partial charge on any atom is 0.337 e. The van der Waals surface area contributed by atoms with Crippen molar-refractivity contribution in [1.82, 2.24) is 0 Å². The zero-order valence-corrected chi connectivity index (χ0v) is 10.5. The van der Waals surface area contributed by atoms with Gasteiger partial charge in [-0.1, -0.05) is 42.5 Å². The van der Waals surface area contributed by atoms with Gasteiger partial charge in [-0.2, -0.15) is 0 Å². The molecule has 1 fully saturated rings. The van der Waals surface area contributed by atoms with Crippen molar-refractivity contribution in [2.45, 2.75) is 5.92 Å². The molecule has 0 aliphatic carbocycles. The highest BCUT2D eigenvalue weighted by Gasteiger charge is 2.30. The van der Waals surface area contributed by atoms with Crippen molar-refractivity contribution in [3.8, 4) is 0 Å². The zero-order valence-electron chi connectivity index (χ0n) is 10.5. The van der Waals surface area contributed by atoms with Gasteiger partial charge in [0.05, 0.1) is 11.3 Å². The van der Waals surface area contributed by atoms with Gasteiger partial charge < -0.3 is 10.0 Å². The molecule has 0 spiro atoms. The fourth-order valence-corrected chi connectivity index (χ4v) is 2.54. The minimum Gasteiger partial charge on any atom is -0.478 e. The van der Waals surface area contributed by atoms with Gasteiger partial charge >= 0.3 is 5.97 Å². The summed E-state index contributed by atoms with van der Waals surface area (Å²) in [5.74, 6) is -0.359. The van der Waals surface area contributed by atoms with Crippen LogP contribution in [0.15, 0.2) is 54.6 Å². The summed E-state index contributed by atoms with van der Waals surface area (Å²) in [6, 6.07) is 17.6. The second kappa shape index (κ2) is 4.76. The standard InChI is InChI=1S/C16H15NO2/c18-16(19)14-8-4-5-9-15(14)17-10-13(11-17)12-6-2-1-3-7-12/h1-9,13H,10-11H2,(H,18,19). The normalized spacial score (nSPS) is 15.1. The Morgan fingerprint density at radius 2 is 1.63 bits per heavy atom. The third kappa shape index (κ3) is 2.19. The van der Waals surface area contributed by atoms with Gasteiger partial charge in [-0.25, -0.2) is 4.79 Å². The van der Waals surface area contributed by atoms with Crippen LogP contribution in [0.5, 0.6) is 0 Å². The van der Waals surface area contributed by atoms with Crippen molar-refractivity contribution in [2.75, 3.05) is 18.0 Å². The first kappa shape index (κ1) is 11.8. The first-order valence-corrected chi connectivity index (χ1v) is 6.38. The topological polar surface area (TPSA) is 40.5 Å². The third-order valence-corrected chi connectivity index (χ3v) is 3.63. The first-order chi connectivity index (χ1) is 9.25. The second-order valence-electron chi connectivity index (χ2n) is 4.83. The van der Waals surface area contributed by atoms with Gasteiger partial charge in [-0.15, -0.1) is 0 Å². The number of aromatic carboxylic acids is 1. The summed E-state index contributed by atoms with van der Waals surface area (Å²) in [6.07, 6.45) is 0. The highest BCUT2D eigenvalue weighted by atomic mass is 16.4. The molecule has 1 heterocycles. The van der Waals surface area contributed by atoms with Crippen LogP contribution in [0.3, 0.4) is 0 Å². The van der Waals surface area contributed by atoms with Crippen LogP contribution in [0.25, 0.3) is 0 Å². The molecule has 0 radical (unpaired) electrons. The van der Waals surface area contributed by atoms with E-state index in [-0.39, 0.29) is 0 Å². The van der Waals surface area contributed by atoms with Crippen LogP contribution in [0.1, 0.15) is 21.8 Å². The molecular weight excluding hydrogens is 238 g/mol. The number of nitrogens with zero attached hydrogens (tertiary/aromatic N) is 1. The molecule has 0 bridgehead atoms. The van der Waals surface area contributed by atoms with Crippen molar-refractivity contribution in [1.29, 1.82) is 0 Å². The van der Waals surface area contributed by atoms with E-state index in [2.05, 4.69) is 17.0 Å². The molecule has 2 aromatic carbocycles. The summed E-state index contributed by atoms with van der Waals surface area (Å²) in [7, 11) is 0. The van der Waals surface area contributed by atoms with Gasteiger partial charge in [0.1, 0.15) is 0 Å². The van der Waals surface area contributed by atoms with E-state index in [9.17, 15) is 9.90 Å². The van der Waals surface area contributed by atoms with E-state index in [1.54, 1.807) is 12.1 Å². The number of benzene rings is 2. The minimum atomic E-state index is -0.862. The Morgan fingerprint density at radius 1 is 1.00 bits per heavy atom. The van der Waals surface area contributed by atoms with Gasteiger partial charge in [0, 0.05) is 19.0 Å². The lowest BCUT2D eigenvalue weighted by Gasteiger charge is -2.42. The smallest absolute Gasteiger partial charge is 0.337 e. The average Bonchev–Trinajstić information content (AvgIpc) is 2.39. The summed E-state index contributed by atoms with van der Waals surface area (Å²) in [5.41, 5.74) is 2.53. The lowest BCUT2D eigenvalue weighted by atomic mass is 9.90. The van der Waals surface area contributed by atoms with E-state index >= 15 is 0 Å². The number of carboxylic acid groups (broad SMARTS) is 1. The predicted molar refractivity (Wildman–Crippen MR) is 74.8 cm³/mol. The van der Waals surface area contributed by atoms with Crippen LogP contribution in [-0.2, 0) is 0 Å². The van der Waals surface area contributed by atoms with Crippen LogP contribution in [-0.4, -0.2) is 24.2 Å². The molecule has 1 aliphatic heterocycles. The summed E-state index contributed by atoms with van der Waals surface area (Å²) in [6.45, 7) is 1.77. The third-order valence-electron chi connectivity index (χ3n) is 3.63. The zero-order chi connectivity index (χ0) is 13.2. The lowest BCUT2D eigenvalue weighted by Crippen LogP contribution is -2.45. The molecular formula is C16H15NO2. The van der Waals surface area contributed by atoms with Crippen LogP contribution in [0.4, 0.5) is 5.69 Å².